The molecule has 0 aromatic heterocycles. The minimum atomic E-state index is 0.532. The molecule has 4 rings (SSSR count). The van der Waals surface area contributed by atoms with Crippen LogP contribution in [-0.2, 0) is 18.0 Å². The van der Waals surface area contributed by atoms with Gasteiger partial charge in [-0.05, 0) is 91.5 Å². The van der Waals surface area contributed by atoms with E-state index in [0.29, 0.717) is 13.2 Å². The van der Waals surface area contributed by atoms with Crippen molar-refractivity contribution in [1.82, 2.24) is 0 Å². The van der Waals surface area contributed by atoms with E-state index in [1.165, 1.54) is 0 Å². The Labute approximate surface area is 198 Å². The number of rotatable bonds is 8. The van der Waals surface area contributed by atoms with E-state index in [4.69, 9.17) is 14.2 Å². The lowest BCUT2D eigenvalue weighted by Crippen LogP contribution is -1.95. The summed E-state index contributed by atoms with van der Waals surface area (Å²) in [5, 5.41) is 0. The quantitative estimate of drug-likeness (QED) is 0.224. The average Bonchev–Trinajstić information content (AvgIpc) is 2.79. The van der Waals surface area contributed by atoms with Crippen LogP contribution in [0.3, 0.4) is 0 Å². The summed E-state index contributed by atoms with van der Waals surface area (Å²) >= 11 is 6.99. The molecular formula is C26H20Br2O3. The monoisotopic (exact) mass is 538 g/mol. The molecule has 0 unspecified atom stereocenters. The molecule has 0 bridgehead atoms. The number of hydrogen-bond donors (Lipinski definition) is 0. The topological polar surface area (TPSA) is 27.7 Å². The molecule has 0 atom stereocenters. The second kappa shape index (κ2) is 10.6. The Bertz CT molecular complexity index is 1030. The van der Waals surface area contributed by atoms with Crippen LogP contribution in [0.5, 0.6) is 23.0 Å². The molecule has 0 spiro atoms. The smallest absolute Gasteiger partial charge is 0.141 e. The molecule has 0 fully saturated rings. The zero-order valence-corrected chi connectivity index (χ0v) is 19.8. The van der Waals surface area contributed by atoms with Gasteiger partial charge in [-0.2, -0.15) is 0 Å². The summed E-state index contributed by atoms with van der Waals surface area (Å²) < 4.78 is 19.5. The second-order valence-electron chi connectivity index (χ2n) is 6.85. The minimum Gasteiger partial charge on any atom is -0.456 e. The second-order valence-corrected chi connectivity index (χ2v) is 8.55. The van der Waals surface area contributed by atoms with Crippen LogP contribution in [0.1, 0.15) is 11.1 Å². The van der Waals surface area contributed by atoms with Gasteiger partial charge in [0.1, 0.15) is 23.0 Å². The molecule has 0 heterocycles. The predicted molar refractivity (Wildman–Crippen MR) is 130 cm³/mol. The molecule has 31 heavy (non-hydrogen) atoms. The highest BCUT2D eigenvalue weighted by atomic mass is 79.9. The third kappa shape index (κ3) is 6.20. The maximum Gasteiger partial charge on any atom is 0.141 e. The van der Waals surface area contributed by atoms with Crippen LogP contribution in [0, 0.1) is 0 Å². The molecule has 156 valence electrons. The van der Waals surface area contributed by atoms with Gasteiger partial charge in [0.2, 0.25) is 0 Å². The Morgan fingerprint density at radius 3 is 1.26 bits per heavy atom. The lowest BCUT2D eigenvalue weighted by atomic mass is 10.2. The summed E-state index contributed by atoms with van der Waals surface area (Å²) in [4.78, 5) is 0. The van der Waals surface area contributed by atoms with Crippen molar-refractivity contribution in [3.8, 4) is 23.0 Å². The summed E-state index contributed by atoms with van der Waals surface area (Å²) in [6.45, 7) is 1.06. The van der Waals surface area contributed by atoms with E-state index in [2.05, 4.69) is 31.9 Å². The third-order valence-electron chi connectivity index (χ3n) is 4.51. The lowest BCUT2D eigenvalue weighted by molar-refractivity contribution is 0.107. The maximum atomic E-state index is 5.90. The fourth-order valence-electron chi connectivity index (χ4n) is 2.90. The van der Waals surface area contributed by atoms with Crippen LogP contribution in [0.4, 0.5) is 0 Å². The van der Waals surface area contributed by atoms with Crippen LogP contribution in [0.2, 0.25) is 0 Å². The molecule has 0 radical (unpaired) electrons. The summed E-state index contributed by atoms with van der Waals surface area (Å²) in [6, 6.07) is 31.4. The lowest BCUT2D eigenvalue weighted by Gasteiger charge is -2.10. The van der Waals surface area contributed by atoms with Crippen LogP contribution >= 0.6 is 31.9 Å². The van der Waals surface area contributed by atoms with Gasteiger partial charge in [-0.3, -0.25) is 0 Å². The summed E-state index contributed by atoms with van der Waals surface area (Å²) in [6.07, 6.45) is 0. The van der Waals surface area contributed by atoms with Crippen molar-refractivity contribution in [1.29, 1.82) is 0 Å². The van der Waals surface area contributed by atoms with Gasteiger partial charge in [-0.15, -0.1) is 0 Å². The van der Waals surface area contributed by atoms with Crippen molar-refractivity contribution >= 4 is 31.9 Å². The highest BCUT2D eigenvalue weighted by molar-refractivity contribution is 9.10. The Hall–Kier alpha value is -2.60. The largest absolute Gasteiger partial charge is 0.456 e. The molecule has 0 saturated heterocycles. The van der Waals surface area contributed by atoms with Crippen molar-refractivity contribution in [2.75, 3.05) is 0 Å². The Morgan fingerprint density at radius 1 is 0.484 bits per heavy atom. The Morgan fingerprint density at radius 2 is 0.871 bits per heavy atom. The first-order valence-electron chi connectivity index (χ1n) is 9.78. The molecule has 0 aliphatic rings. The molecule has 4 aromatic rings. The Balaban J connectivity index is 1.26. The molecule has 0 N–H and O–H groups in total. The molecule has 0 aliphatic carbocycles. The molecule has 4 aromatic carbocycles. The van der Waals surface area contributed by atoms with Crippen LogP contribution in [0.15, 0.2) is 106 Å². The van der Waals surface area contributed by atoms with Crippen molar-refractivity contribution < 1.29 is 14.2 Å². The fourth-order valence-corrected chi connectivity index (χ4v) is 3.63. The number of halogens is 2. The van der Waals surface area contributed by atoms with E-state index in [-0.39, 0.29) is 0 Å². The molecular weight excluding hydrogens is 520 g/mol. The molecule has 0 aliphatic heterocycles. The van der Waals surface area contributed by atoms with Gasteiger partial charge in [-0.25, -0.2) is 0 Å². The molecule has 5 heteroatoms. The summed E-state index contributed by atoms with van der Waals surface area (Å²) in [5.74, 6) is 3.16. The first-order valence-corrected chi connectivity index (χ1v) is 11.4. The number of hydrogen-bond acceptors (Lipinski definition) is 3. The van der Waals surface area contributed by atoms with Gasteiger partial charge in [-0.1, -0.05) is 48.5 Å². The normalized spacial score (nSPS) is 10.6. The molecule has 0 saturated carbocycles. The van der Waals surface area contributed by atoms with Crippen LogP contribution in [0.25, 0.3) is 0 Å². The zero-order valence-electron chi connectivity index (χ0n) is 16.6. The van der Waals surface area contributed by atoms with E-state index in [1.807, 2.05) is 97.1 Å². The highest BCUT2D eigenvalue weighted by Gasteiger charge is 2.04. The third-order valence-corrected chi connectivity index (χ3v) is 5.82. The van der Waals surface area contributed by atoms with Gasteiger partial charge < -0.3 is 14.2 Å². The van der Waals surface area contributed by atoms with Crippen molar-refractivity contribution in [2.45, 2.75) is 13.2 Å². The Kier molecular flexibility index (Phi) is 7.41. The van der Waals surface area contributed by atoms with Crippen LogP contribution in [-0.4, -0.2) is 0 Å². The zero-order chi connectivity index (χ0) is 21.5. The first-order chi connectivity index (χ1) is 15.2. The SMILES string of the molecule is Brc1ccccc1Oc1ccc(COCc2ccc(Oc3ccccc3Br)cc2)cc1. The van der Waals surface area contributed by atoms with Gasteiger partial charge in [0.15, 0.2) is 0 Å². The first kappa shape index (κ1) is 21.6. The van der Waals surface area contributed by atoms with Crippen molar-refractivity contribution in [3.63, 3.8) is 0 Å². The van der Waals surface area contributed by atoms with Gasteiger partial charge in [0, 0.05) is 0 Å². The van der Waals surface area contributed by atoms with E-state index in [1.54, 1.807) is 0 Å². The van der Waals surface area contributed by atoms with Gasteiger partial charge in [0.25, 0.3) is 0 Å². The summed E-state index contributed by atoms with van der Waals surface area (Å²) in [5.41, 5.74) is 2.18. The van der Waals surface area contributed by atoms with E-state index in [9.17, 15) is 0 Å². The van der Waals surface area contributed by atoms with E-state index in [0.717, 1.165) is 43.1 Å². The standard InChI is InChI=1S/C26H20Br2O3/c27-23-5-1-3-7-25(23)30-21-13-9-19(10-14-21)17-29-18-20-11-15-22(16-12-20)31-26-8-4-2-6-24(26)28/h1-16H,17-18H2. The number of ether oxygens (including phenoxy) is 3. The van der Waals surface area contributed by atoms with Gasteiger partial charge >= 0.3 is 0 Å². The molecule has 3 nitrogen and oxygen atoms in total. The van der Waals surface area contributed by atoms with Gasteiger partial charge in [0.05, 0.1) is 22.2 Å². The van der Waals surface area contributed by atoms with E-state index < -0.39 is 0 Å². The van der Waals surface area contributed by atoms with E-state index >= 15 is 0 Å². The fraction of sp³-hybridized carbons (Fsp3) is 0.0769. The molecule has 0 amide bonds. The highest BCUT2D eigenvalue weighted by Crippen LogP contribution is 2.30. The average molecular weight is 540 g/mol. The van der Waals surface area contributed by atoms with Crippen molar-refractivity contribution in [3.05, 3.63) is 117 Å². The maximum absolute atomic E-state index is 5.90. The number of para-hydroxylation sites is 2. The predicted octanol–water partition coefficient (Wildman–Crippen LogP) is 8.51. The van der Waals surface area contributed by atoms with Crippen molar-refractivity contribution in [2.24, 2.45) is 0 Å². The summed E-state index contributed by atoms with van der Waals surface area (Å²) in [7, 11) is 0. The number of benzene rings is 4. The minimum absolute atomic E-state index is 0.532. The van der Waals surface area contributed by atoms with Crippen LogP contribution < -0.4 is 9.47 Å².